The van der Waals surface area contributed by atoms with Gasteiger partial charge in [0.25, 0.3) is 0 Å². The first-order valence-corrected chi connectivity index (χ1v) is 6.92. The molecule has 0 spiro atoms. The molecule has 0 bridgehead atoms. The number of pyridine rings is 1. The number of nitrogens with zero attached hydrogens (tertiary/aromatic N) is 1. The summed E-state index contributed by atoms with van der Waals surface area (Å²) in [5.41, 5.74) is 0.100. The minimum atomic E-state index is -1.03. The Morgan fingerprint density at radius 1 is 1.47 bits per heavy atom. The fourth-order valence-electron chi connectivity index (χ4n) is 1.76. The quantitative estimate of drug-likeness (QED) is 0.636. The Bertz CT molecular complexity index is 482. The number of hydrogen-bond acceptors (Lipinski definition) is 5. The number of aromatic carboxylic acids is 1. The summed E-state index contributed by atoms with van der Waals surface area (Å²) < 4.78 is 4.69. The van der Waals surface area contributed by atoms with E-state index in [1.54, 1.807) is 24.0 Å². The number of carbonyl (C=O) groups excluding carboxylic acids is 1. The summed E-state index contributed by atoms with van der Waals surface area (Å²) >= 11 is 1.60. The second-order valence-corrected chi connectivity index (χ2v) is 5.77. The van der Waals surface area contributed by atoms with Crippen molar-refractivity contribution in [1.82, 2.24) is 4.98 Å². The fourth-order valence-corrected chi connectivity index (χ4v) is 2.91. The first kappa shape index (κ1) is 13.9. The number of methoxy groups -OCH3 is 1. The van der Waals surface area contributed by atoms with Crippen LogP contribution >= 0.6 is 11.8 Å². The predicted octanol–water partition coefficient (Wildman–Crippen LogP) is 2.22. The third-order valence-electron chi connectivity index (χ3n) is 3.20. The highest BCUT2D eigenvalue weighted by atomic mass is 32.2. The van der Waals surface area contributed by atoms with Crippen molar-refractivity contribution in [2.75, 3.05) is 12.9 Å². The van der Waals surface area contributed by atoms with E-state index in [-0.39, 0.29) is 17.1 Å². The third kappa shape index (κ3) is 3.70. The van der Waals surface area contributed by atoms with Crippen LogP contribution in [-0.2, 0) is 9.53 Å². The van der Waals surface area contributed by atoms with Gasteiger partial charge >= 0.3 is 11.9 Å². The van der Waals surface area contributed by atoms with Gasteiger partial charge in [-0.15, -0.1) is 11.8 Å². The van der Waals surface area contributed by atoms with E-state index in [1.165, 1.54) is 13.2 Å². The van der Waals surface area contributed by atoms with Gasteiger partial charge in [-0.2, -0.15) is 0 Å². The summed E-state index contributed by atoms with van der Waals surface area (Å²) in [7, 11) is 1.40. The molecule has 5 nitrogen and oxygen atoms in total. The number of rotatable bonds is 6. The van der Waals surface area contributed by atoms with Crippen LogP contribution in [-0.4, -0.2) is 34.9 Å². The largest absolute Gasteiger partial charge is 0.477 e. The second-order valence-electron chi connectivity index (χ2n) is 4.73. The molecule has 1 aliphatic carbocycles. The molecule has 1 aliphatic rings. The van der Waals surface area contributed by atoms with E-state index in [4.69, 9.17) is 9.84 Å². The number of esters is 1. The van der Waals surface area contributed by atoms with Crippen LogP contribution in [0.25, 0.3) is 0 Å². The van der Waals surface area contributed by atoms with Gasteiger partial charge in [-0.05, 0) is 30.4 Å². The molecule has 1 heterocycles. The first-order chi connectivity index (χ1) is 9.04. The lowest BCUT2D eigenvalue weighted by Crippen LogP contribution is -2.13. The lowest BCUT2D eigenvalue weighted by molar-refractivity contribution is -0.141. The van der Waals surface area contributed by atoms with Gasteiger partial charge < -0.3 is 9.84 Å². The third-order valence-corrected chi connectivity index (χ3v) is 4.54. The van der Waals surface area contributed by atoms with Gasteiger partial charge in [-0.3, -0.25) is 4.79 Å². The molecule has 1 aromatic heterocycles. The molecule has 0 aromatic carbocycles. The van der Waals surface area contributed by atoms with Gasteiger partial charge in [0.05, 0.1) is 13.5 Å². The Morgan fingerprint density at radius 3 is 2.68 bits per heavy atom. The van der Waals surface area contributed by atoms with Crippen LogP contribution in [0, 0.1) is 5.41 Å². The maximum absolute atomic E-state index is 11.3. The van der Waals surface area contributed by atoms with Crippen LogP contribution in [0.4, 0.5) is 0 Å². The molecule has 19 heavy (non-hydrogen) atoms. The van der Waals surface area contributed by atoms with Crippen LogP contribution in [0.15, 0.2) is 23.2 Å². The van der Waals surface area contributed by atoms with Crippen molar-refractivity contribution in [1.29, 1.82) is 0 Å². The van der Waals surface area contributed by atoms with Crippen molar-refractivity contribution in [3.63, 3.8) is 0 Å². The Balaban J connectivity index is 1.88. The Labute approximate surface area is 115 Å². The van der Waals surface area contributed by atoms with Gasteiger partial charge in [0.2, 0.25) is 0 Å². The van der Waals surface area contributed by atoms with Gasteiger partial charge in [0.15, 0.2) is 0 Å². The number of carboxylic acid groups (broad SMARTS) is 1. The van der Waals surface area contributed by atoms with Crippen molar-refractivity contribution in [2.24, 2.45) is 5.41 Å². The second kappa shape index (κ2) is 5.61. The predicted molar refractivity (Wildman–Crippen MR) is 70.2 cm³/mol. The zero-order chi connectivity index (χ0) is 13.9. The highest BCUT2D eigenvalue weighted by molar-refractivity contribution is 7.99. The average molecular weight is 281 g/mol. The number of carbonyl (C=O) groups is 2. The molecule has 1 aromatic rings. The molecule has 1 N–H and O–H groups in total. The van der Waals surface area contributed by atoms with Crippen molar-refractivity contribution in [3.05, 3.63) is 24.0 Å². The molecule has 0 atom stereocenters. The summed E-state index contributed by atoms with van der Waals surface area (Å²) in [6.45, 7) is 0. The van der Waals surface area contributed by atoms with E-state index < -0.39 is 5.97 Å². The summed E-state index contributed by atoms with van der Waals surface area (Å²) in [6, 6.07) is 3.24. The molecular formula is C13H15NO4S. The molecule has 0 amide bonds. The number of aromatic nitrogens is 1. The first-order valence-electron chi connectivity index (χ1n) is 5.94. The summed E-state index contributed by atoms with van der Waals surface area (Å²) in [4.78, 5) is 26.7. The summed E-state index contributed by atoms with van der Waals surface area (Å²) in [5.74, 6) is -0.366. The topological polar surface area (TPSA) is 76.5 Å². The highest BCUT2D eigenvalue weighted by Crippen LogP contribution is 2.52. The highest BCUT2D eigenvalue weighted by Gasteiger charge is 2.44. The number of thioether (sulfide) groups is 1. The Kier molecular flexibility index (Phi) is 4.09. The van der Waals surface area contributed by atoms with E-state index in [1.807, 2.05) is 0 Å². The normalized spacial score (nSPS) is 15.8. The van der Waals surface area contributed by atoms with E-state index in [0.717, 1.165) is 23.5 Å². The van der Waals surface area contributed by atoms with Gasteiger partial charge in [-0.25, -0.2) is 9.78 Å². The molecule has 1 fully saturated rings. The van der Waals surface area contributed by atoms with E-state index in [9.17, 15) is 9.59 Å². The number of ether oxygens (including phenoxy) is 1. The number of hydrogen-bond donors (Lipinski definition) is 1. The van der Waals surface area contributed by atoms with Gasteiger partial charge in [-0.1, -0.05) is 0 Å². The molecular weight excluding hydrogens is 266 g/mol. The molecule has 0 saturated heterocycles. The SMILES string of the molecule is COC(=O)CC1(CSc2ccc(C(=O)O)nc2)CC1. The Hall–Kier alpha value is -1.56. The lowest BCUT2D eigenvalue weighted by atomic mass is 10.1. The zero-order valence-electron chi connectivity index (χ0n) is 10.6. The fraction of sp³-hybridized carbons (Fsp3) is 0.462. The van der Waals surface area contributed by atoms with E-state index in [0.29, 0.717) is 6.42 Å². The smallest absolute Gasteiger partial charge is 0.354 e. The Morgan fingerprint density at radius 2 is 2.21 bits per heavy atom. The summed E-state index contributed by atoms with van der Waals surface area (Å²) in [5, 5.41) is 8.75. The molecule has 0 radical (unpaired) electrons. The van der Waals surface area contributed by atoms with E-state index >= 15 is 0 Å². The molecule has 1 saturated carbocycles. The van der Waals surface area contributed by atoms with Gasteiger partial charge in [0, 0.05) is 16.8 Å². The van der Waals surface area contributed by atoms with Crippen LogP contribution in [0.2, 0.25) is 0 Å². The maximum atomic E-state index is 11.3. The molecule has 0 unspecified atom stereocenters. The standard InChI is InChI=1S/C13H15NO4S/c1-18-11(15)6-13(4-5-13)8-19-9-2-3-10(12(16)17)14-7-9/h2-3,7H,4-6,8H2,1H3,(H,16,17). The van der Waals surface area contributed by atoms with Crippen molar-refractivity contribution >= 4 is 23.7 Å². The van der Waals surface area contributed by atoms with Crippen molar-refractivity contribution < 1.29 is 19.4 Å². The molecule has 0 aliphatic heterocycles. The number of carboxylic acids is 1. The van der Waals surface area contributed by atoms with Crippen LogP contribution in [0.1, 0.15) is 29.8 Å². The minimum Gasteiger partial charge on any atom is -0.477 e. The van der Waals surface area contributed by atoms with Crippen molar-refractivity contribution in [3.8, 4) is 0 Å². The zero-order valence-corrected chi connectivity index (χ0v) is 11.4. The minimum absolute atomic E-state index is 0.0417. The van der Waals surface area contributed by atoms with Crippen LogP contribution in [0.3, 0.4) is 0 Å². The van der Waals surface area contributed by atoms with Crippen LogP contribution in [0.5, 0.6) is 0 Å². The monoisotopic (exact) mass is 281 g/mol. The maximum Gasteiger partial charge on any atom is 0.354 e. The van der Waals surface area contributed by atoms with Crippen LogP contribution < -0.4 is 0 Å². The van der Waals surface area contributed by atoms with Gasteiger partial charge in [0.1, 0.15) is 5.69 Å². The summed E-state index contributed by atoms with van der Waals surface area (Å²) in [6.07, 6.45) is 4.09. The molecule has 6 heteroatoms. The molecule has 2 rings (SSSR count). The average Bonchev–Trinajstić information content (AvgIpc) is 3.17. The van der Waals surface area contributed by atoms with E-state index in [2.05, 4.69) is 4.98 Å². The molecule has 102 valence electrons. The lowest BCUT2D eigenvalue weighted by Gasteiger charge is -2.12. The van der Waals surface area contributed by atoms with Crippen molar-refractivity contribution in [2.45, 2.75) is 24.2 Å².